The number of rotatable bonds is 5. The molecule has 1 aromatic heterocycles. The Bertz CT molecular complexity index is 1370. The molecule has 0 aliphatic carbocycles. The Morgan fingerprint density at radius 1 is 1.05 bits per heavy atom. The summed E-state index contributed by atoms with van der Waals surface area (Å²) in [6, 6.07) is 6.25. The molecule has 16 heteroatoms. The number of hydrazine groups is 1. The summed E-state index contributed by atoms with van der Waals surface area (Å²) in [5.41, 5.74) is -2.54. The molecule has 1 aliphatic heterocycles. The molecular weight excluding hydrogens is 532 g/mol. The number of anilines is 2. The lowest BCUT2D eigenvalue weighted by molar-refractivity contribution is -0.383. The zero-order valence-electron chi connectivity index (χ0n) is 18.8. The molecule has 2 heterocycles. The number of nitro groups is 1. The Kier molecular flexibility index (Phi) is 6.89. The normalized spacial score (nSPS) is 15.2. The van der Waals surface area contributed by atoms with E-state index in [1.54, 1.807) is 17.0 Å². The second-order valence-corrected chi connectivity index (χ2v) is 8.91. The predicted octanol–water partition coefficient (Wildman–Crippen LogP) is 4.66. The first kappa shape index (κ1) is 26.4. The molecule has 0 amide bonds. The first-order chi connectivity index (χ1) is 17.2. The molecule has 37 heavy (non-hydrogen) atoms. The van der Waals surface area contributed by atoms with Gasteiger partial charge in [0, 0.05) is 39.3 Å². The quantitative estimate of drug-likeness (QED) is 0.258. The average Bonchev–Trinajstić information content (AvgIpc) is 2.82. The number of hydrogen-bond donors (Lipinski definition) is 0. The minimum atomic E-state index is -4.87. The van der Waals surface area contributed by atoms with E-state index >= 15 is 0 Å². The van der Waals surface area contributed by atoms with Crippen molar-refractivity contribution in [3.8, 4) is 5.75 Å². The summed E-state index contributed by atoms with van der Waals surface area (Å²) in [7, 11) is 1.71. The summed E-state index contributed by atoms with van der Waals surface area (Å²) < 4.78 is 80.2. The maximum absolute atomic E-state index is 13.2. The van der Waals surface area contributed by atoms with E-state index < -0.39 is 39.7 Å². The molecule has 9 nitrogen and oxygen atoms in total. The van der Waals surface area contributed by atoms with Crippen LogP contribution in [0.2, 0.25) is 0 Å². The third kappa shape index (κ3) is 5.85. The minimum absolute atomic E-state index is 0.135. The second kappa shape index (κ2) is 9.66. The lowest BCUT2D eigenvalue weighted by Gasteiger charge is -2.40. The van der Waals surface area contributed by atoms with Gasteiger partial charge in [0.1, 0.15) is 10.4 Å². The number of ether oxygens (including phenoxy) is 1. The molecule has 2 aromatic carbocycles. The monoisotopic (exact) mass is 549 g/mol. The van der Waals surface area contributed by atoms with E-state index in [9.17, 15) is 41.3 Å². The van der Waals surface area contributed by atoms with Gasteiger partial charge in [-0.25, -0.2) is 5.01 Å². The minimum Gasteiger partial charge on any atom is -0.406 e. The van der Waals surface area contributed by atoms with Crippen LogP contribution in [0, 0.1) is 10.1 Å². The lowest BCUT2D eigenvalue weighted by Crippen LogP contribution is -2.53. The lowest BCUT2D eigenvalue weighted by atomic mass is 10.1. The number of hydrogen-bond acceptors (Lipinski definition) is 9. The number of alkyl halides is 6. The number of aromatic nitrogens is 1. The molecule has 0 saturated carbocycles. The van der Waals surface area contributed by atoms with E-state index in [0.29, 0.717) is 44.0 Å². The molecular formula is C21H17F6N5O4S. The first-order valence-corrected chi connectivity index (χ1v) is 11.3. The van der Waals surface area contributed by atoms with Crippen molar-refractivity contribution in [2.75, 3.05) is 43.1 Å². The highest BCUT2D eigenvalue weighted by Gasteiger charge is 2.35. The Morgan fingerprint density at radius 3 is 2.22 bits per heavy atom. The molecule has 198 valence electrons. The number of halogens is 6. The fourth-order valence-electron chi connectivity index (χ4n) is 3.79. The van der Waals surface area contributed by atoms with Gasteiger partial charge >= 0.3 is 12.5 Å². The summed E-state index contributed by atoms with van der Waals surface area (Å²) in [4.78, 5) is 28.6. The van der Waals surface area contributed by atoms with Crippen molar-refractivity contribution in [3.05, 3.63) is 62.4 Å². The first-order valence-electron chi connectivity index (χ1n) is 10.5. The SMILES string of the molecule is CN(c1ccc(OC(F)(F)F)cc1)N1CCN(c2nc(=O)c3cc(C(F)(F)F)cc([N+](=O)[O-])c3s2)CC1. The maximum Gasteiger partial charge on any atom is 0.573 e. The molecule has 1 fully saturated rings. The molecule has 0 radical (unpaired) electrons. The highest BCUT2D eigenvalue weighted by molar-refractivity contribution is 7.22. The van der Waals surface area contributed by atoms with Crippen LogP contribution in [0.1, 0.15) is 5.56 Å². The molecule has 4 rings (SSSR count). The number of piperazine rings is 1. The van der Waals surface area contributed by atoms with Gasteiger partial charge in [0.25, 0.3) is 11.2 Å². The zero-order valence-corrected chi connectivity index (χ0v) is 19.7. The number of fused-ring (bicyclic) bond motifs is 1. The maximum atomic E-state index is 13.2. The van der Waals surface area contributed by atoms with Gasteiger partial charge in [-0.05, 0) is 30.3 Å². The van der Waals surface area contributed by atoms with Gasteiger partial charge in [0.05, 0.1) is 21.6 Å². The van der Waals surface area contributed by atoms with E-state index in [4.69, 9.17) is 0 Å². The van der Waals surface area contributed by atoms with Crippen LogP contribution < -0.4 is 20.2 Å². The van der Waals surface area contributed by atoms with Gasteiger partial charge < -0.3 is 14.6 Å². The van der Waals surface area contributed by atoms with Gasteiger partial charge in [-0.2, -0.15) is 18.2 Å². The fraction of sp³-hybridized carbons (Fsp3) is 0.333. The van der Waals surface area contributed by atoms with Crippen molar-refractivity contribution in [2.24, 2.45) is 0 Å². The van der Waals surface area contributed by atoms with Crippen LogP contribution >= 0.6 is 11.3 Å². The average molecular weight is 549 g/mol. The standard InChI is InChI=1S/C21H17F6N5O4S/c1-29(13-2-4-14(5-3-13)36-21(25,26)27)31-8-6-30(7-9-31)19-28-18(33)15-10-12(20(22,23)24)11-16(32(34)35)17(15)37-19/h2-5,10-11H,6-9H2,1H3. The topological polar surface area (TPSA) is 92.1 Å². The molecule has 1 aliphatic rings. The Labute approximate surface area is 208 Å². The smallest absolute Gasteiger partial charge is 0.406 e. The summed E-state index contributed by atoms with van der Waals surface area (Å²) in [6.07, 6.45) is -9.67. The van der Waals surface area contributed by atoms with E-state index in [0.717, 1.165) is 11.3 Å². The van der Waals surface area contributed by atoms with Crippen LogP contribution in [0.25, 0.3) is 10.1 Å². The molecule has 3 aromatic rings. The van der Waals surface area contributed by atoms with Crippen molar-refractivity contribution >= 4 is 37.9 Å². The van der Waals surface area contributed by atoms with Crippen LogP contribution in [-0.2, 0) is 6.18 Å². The molecule has 0 spiro atoms. The van der Waals surface area contributed by atoms with Gasteiger partial charge in [-0.3, -0.25) is 14.9 Å². The number of nitrogens with zero attached hydrogens (tertiary/aromatic N) is 5. The molecule has 0 N–H and O–H groups in total. The fourth-order valence-corrected chi connectivity index (χ4v) is 4.91. The van der Waals surface area contributed by atoms with Crippen molar-refractivity contribution in [1.29, 1.82) is 0 Å². The Balaban J connectivity index is 1.52. The van der Waals surface area contributed by atoms with Crippen molar-refractivity contribution in [3.63, 3.8) is 0 Å². The van der Waals surface area contributed by atoms with Crippen LogP contribution in [-0.4, -0.2) is 54.5 Å². The number of benzene rings is 2. The van der Waals surface area contributed by atoms with Gasteiger partial charge in [-0.1, -0.05) is 11.3 Å². The third-order valence-electron chi connectivity index (χ3n) is 5.61. The molecule has 0 atom stereocenters. The number of nitro benzene ring substituents is 1. The van der Waals surface area contributed by atoms with E-state index in [1.165, 1.54) is 24.3 Å². The summed E-state index contributed by atoms with van der Waals surface area (Å²) in [6.45, 7) is 1.44. The summed E-state index contributed by atoms with van der Waals surface area (Å²) in [5.74, 6) is -0.358. The van der Waals surface area contributed by atoms with Gasteiger partial charge in [0.15, 0.2) is 5.13 Å². The van der Waals surface area contributed by atoms with E-state index in [-0.39, 0.29) is 15.6 Å². The summed E-state index contributed by atoms with van der Waals surface area (Å²) in [5, 5.41) is 14.7. The van der Waals surface area contributed by atoms with Gasteiger partial charge in [-0.15, -0.1) is 13.2 Å². The van der Waals surface area contributed by atoms with E-state index in [2.05, 4.69) is 9.72 Å². The Hall–Kier alpha value is -3.66. The highest BCUT2D eigenvalue weighted by atomic mass is 32.1. The van der Waals surface area contributed by atoms with Crippen LogP contribution in [0.3, 0.4) is 0 Å². The zero-order chi connectivity index (χ0) is 27.1. The second-order valence-electron chi connectivity index (χ2n) is 7.93. The van der Waals surface area contributed by atoms with Crippen LogP contribution in [0.4, 0.5) is 42.8 Å². The van der Waals surface area contributed by atoms with Gasteiger partial charge in [0.2, 0.25) is 0 Å². The van der Waals surface area contributed by atoms with E-state index in [1.807, 2.05) is 5.01 Å². The van der Waals surface area contributed by atoms with Crippen LogP contribution in [0.5, 0.6) is 5.75 Å². The van der Waals surface area contributed by atoms with Crippen molar-refractivity contribution in [2.45, 2.75) is 12.5 Å². The predicted molar refractivity (Wildman–Crippen MR) is 123 cm³/mol. The van der Waals surface area contributed by atoms with Crippen molar-refractivity contribution in [1.82, 2.24) is 9.99 Å². The molecule has 1 saturated heterocycles. The Morgan fingerprint density at radius 2 is 1.68 bits per heavy atom. The molecule has 0 bridgehead atoms. The number of non-ortho nitro benzene ring substituents is 1. The largest absolute Gasteiger partial charge is 0.573 e. The third-order valence-corrected chi connectivity index (χ3v) is 6.77. The molecule has 0 unspecified atom stereocenters. The summed E-state index contributed by atoms with van der Waals surface area (Å²) >= 11 is 0.762. The van der Waals surface area contributed by atoms with Crippen molar-refractivity contribution < 1.29 is 36.0 Å². The highest BCUT2D eigenvalue weighted by Crippen LogP contribution is 2.38. The van der Waals surface area contributed by atoms with Crippen LogP contribution in [0.15, 0.2) is 41.2 Å².